The summed E-state index contributed by atoms with van der Waals surface area (Å²) in [6.45, 7) is 2.89. The molecule has 1 saturated heterocycles. The lowest BCUT2D eigenvalue weighted by molar-refractivity contribution is 0.0593. The molecule has 1 amide bonds. The fraction of sp³-hybridized carbons (Fsp3) is 0.400. The molecule has 1 fully saturated rings. The monoisotopic (exact) mass is 368 g/mol. The third-order valence-corrected chi connectivity index (χ3v) is 4.82. The van der Waals surface area contributed by atoms with Gasteiger partial charge in [-0.15, -0.1) is 10.2 Å². The summed E-state index contributed by atoms with van der Waals surface area (Å²) in [6, 6.07) is 10.6. The maximum Gasteiger partial charge on any atom is 0.337 e. The van der Waals surface area contributed by atoms with Crippen molar-refractivity contribution in [3.63, 3.8) is 0 Å². The number of amides is 1. The molecule has 0 spiro atoms. The van der Waals surface area contributed by atoms with Gasteiger partial charge >= 0.3 is 5.97 Å². The van der Waals surface area contributed by atoms with Crippen molar-refractivity contribution in [1.82, 2.24) is 15.1 Å². The molecule has 0 saturated carbocycles. The number of methoxy groups -OCH3 is 1. The summed E-state index contributed by atoms with van der Waals surface area (Å²) >= 11 is 0. The molecule has 1 atom stereocenters. The molecule has 1 aromatic carbocycles. The third kappa shape index (κ3) is 4.42. The Bertz CT molecular complexity index is 790. The number of nitrogens with zero attached hydrogens (tertiary/aromatic N) is 3. The number of benzene rings is 1. The Morgan fingerprint density at radius 3 is 2.56 bits per heavy atom. The Balaban J connectivity index is 1.66. The van der Waals surface area contributed by atoms with Crippen LogP contribution in [-0.4, -0.2) is 46.7 Å². The molecule has 0 bridgehead atoms. The summed E-state index contributed by atoms with van der Waals surface area (Å²) in [5.41, 5.74) is 1.60. The number of hydrogen-bond acceptors (Lipinski definition) is 6. The molecule has 7 nitrogen and oxygen atoms in total. The van der Waals surface area contributed by atoms with Crippen LogP contribution in [0.1, 0.15) is 53.5 Å². The maximum atomic E-state index is 12.7. The normalized spacial score (nSPS) is 16.7. The summed E-state index contributed by atoms with van der Waals surface area (Å²) in [5, 5.41) is 11.3. The van der Waals surface area contributed by atoms with Crippen LogP contribution >= 0.6 is 0 Å². The van der Waals surface area contributed by atoms with Crippen LogP contribution in [0.25, 0.3) is 0 Å². The van der Waals surface area contributed by atoms with Crippen LogP contribution in [-0.2, 0) is 4.74 Å². The van der Waals surface area contributed by atoms with Gasteiger partial charge in [-0.05, 0) is 62.1 Å². The van der Waals surface area contributed by atoms with E-state index in [1.54, 1.807) is 36.4 Å². The van der Waals surface area contributed by atoms with E-state index >= 15 is 0 Å². The van der Waals surface area contributed by atoms with E-state index in [1.807, 2.05) is 4.90 Å². The molecule has 2 heterocycles. The van der Waals surface area contributed by atoms with Gasteiger partial charge in [-0.3, -0.25) is 4.79 Å². The molecule has 0 aliphatic carbocycles. The second kappa shape index (κ2) is 8.62. The Kier molecular flexibility index (Phi) is 6.01. The number of aromatic nitrogens is 2. The zero-order valence-electron chi connectivity index (χ0n) is 15.6. The molecular weight excluding hydrogens is 344 g/mol. The number of piperidine rings is 1. The summed E-state index contributed by atoms with van der Waals surface area (Å²) in [7, 11) is 1.35. The van der Waals surface area contributed by atoms with Crippen LogP contribution in [0.5, 0.6) is 0 Å². The van der Waals surface area contributed by atoms with E-state index in [1.165, 1.54) is 13.5 Å². The first-order chi connectivity index (χ1) is 13.1. The van der Waals surface area contributed by atoms with E-state index in [4.69, 9.17) is 0 Å². The van der Waals surface area contributed by atoms with Gasteiger partial charge in [0.15, 0.2) is 11.5 Å². The van der Waals surface area contributed by atoms with E-state index in [9.17, 15) is 9.59 Å². The van der Waals surface area contributed by atoms with Crippen LogP contribution in [0, 0.1) is 0 Å². The van der Waals surface area contributed by atoms with Gasteiger partial charge in [-0.2, -0.15) is 0 Å². The molecule has 7 heteroatoms. The highest BCUT2D eigenvalue weighted by molar-refractivity contribution is 5.92. The fourth-order valence-corrected chi connectivity index (χ4v) is 3.31. The van der Waals surface area contributed by atoms with Gasteiger partial charge in [-0.1, -0.05) is 6.92 Å². The van der Waals surface area contributed by atoms with Crippen LogP contribution in [0.4, 0.5) is 11.5 Å². The molecule has 27 heavy (non-hydrogen) atoms. The minimum atomic E-state index is -0.382. The van der Waals surface area contributed by atoms with Crippen molar-refractivity contribution in [2.24, 2.45) is 0 Å². The first kappa shape index (κ1) is 18.8. The first-order valence-electron chi connectivity index (χ1n) is 9.22. The highest BCUT2D eigenvalue weighted by atomic mass is 16.5. The highest BCUT2D eigenvalue weighted by Gasteiger charge is 2.27. The van der Waals surface area contributed by atoms with Crippen LogP contribution in [0.3, 0.4) is 0 Å². The molecular formula is C20H24N4O3. The second-order valence-corrected chi connectivity index (χ2v) is 6.55. The quantitative estimate of drug-likeness (QED) is 0.814. The van der Waals surface area contributed by atoms with E-state index in [0.717, 1.165) is 31.5 Å². The molecule has 1 aliphatic heterocycles. The first-order valence-corrected chi connectivity index (χ1v) is 9.22. The van der Waals surface area contributed by atoms with Crippen molar-refractivity contribution in [3.8, 4) is 0 Å². The zero-order valence-corrected chi connectivity index (χ0v) is 15.6. The van der Waals surface area contributed by atoms with E-state index in [-0.39, 0.29) is 11.9 Å². The van der Waals surface area contributed by atoms with Gasteiger partial charge in [0.25, 0.3) is 5.91 Å². The zero-order chi connectivity index (χ0) is 19.2. The molecule has 1 aliphatic rings. The number of carbonyl (C=O) groups excluding carboxylic acids is 2. The largest absolute Gasteiger partial charge is 0.465 e. The van der Waals surface area contributed by atoms with Crippen molar-refractivity contribution in [2.45, 2.75) is 38.6 Å². The minimum absolute atomic E-state index is 0.0527. The summed E-state index contributed by atoms with van der Waals surface area (Å²) in [4.78, 5) is 26.1. The summed E-state index contributed by atoms with van der Waals surface area (Å²) in [6.07, 6.45) is 4.22. The van der Waals surface area contributed by atoms with Gasteiger partial charge in [0.2, 0.25) is 0 Å². The number of nitrogens with one attached hydrogen (secondary N) is 1. The van der Waals surface area contributed by atoms with Crippen molar-refractivity contribution >= 4 is 23.4 Å². The minimum Gasteiger partial charge on any atom is -0.465 e. The van der Waals surface area contributed by atoms with Crippen molar-refractivity contribution in [3.05, 3.63) is 47.7 Å². The Morgan fingerprint density at radius 1 is 1.15 bits per heavy atom. The number of anilines is 2. The van der Waals surface area contributed by atoms with E-state index in [0.29, 0.717) is 23.1 Å². The standard InChI is InChI=1S/C20H24N4O3/c1-3-16-6-4-5-13-24(16)19(25)17-11-12-18(23-22-17)21-15-9-7-14(8-10-15)20(26)27-2/h7-12,16H,3-6,13H2,1-2H3,(H,21,23). The topological polar surface area (TPSA) is 84.4 Å². The summed E-state index contributed by atoms with van der Waals surface area (Å²) < 4.78 is 4.68. The smallest absolute Gasteiger partial charge is 0.337 e. The molecule has 0 radical (unpaired) electrons. The average molecular weight is 368 g/mol. The molecule has 1 N–H and O–H groups in total. The predicted octanol–water partition coefficient (Wildman–Crippen LogP) is 3.41. The summed E-state index contributed by atoms with van der Waals surface area (Å²) in [5.74, 6) is 0.0957. The average Bonchev–Trinajstić information content (AvgIpc) is 2.73. The second-order valence-electron chi connectivity index (χ2n) is 6.55. The van der Waals surface area contributed by atoms with E-state index in [2.05, 4.69) is 27.2 Å². The Hall–Kier alpha value is -2.96. The molecule has 2 aromatic rings. The lowest BCUT2D eigenvalue weighted by Gasteiger charge is -2.34. The molecule has 1 unspecified atom stereocenters. The van der Waals surface area contributed by atoms with Crippen molar-refractivity contribution in [2.75, 3.05) is 19.0 Å². The van der Waals surface area contributed by atoms with Gasteiger partial charge in [0.1, 0.15) is 0 Å². The number of esters is 1. The predicted molar refractivity (Wildman–Crippen MR) is 102 cm³/mol. The van der Waals surface area contributed by atoms with Gasteiger partial charge < -0.3 is 15.0 Å². The number of carbonyl (C=O) groups is 2. The maximum absolute atomic E-state index is 12.7. The lowest BCUT2D eigenvalue weighted by atomic mass is 9.99. The molecule has 1 aromatic heterocycles. The number of likely N-dealkylation sites (tertiary alicyclic amines) is 1. The fourth-order valence-electron chi connectivity index (χ4n) is 3.31. The van der Waals surface area contributed by atoms with Crippen LogP contribution in [0.15, 0.2) is 36.4 Å². The van der Waals surface area contributed by atoms with Crippen molar-refractivity contribution in [1.29, 1.82) is 0 Å². The van der Waals surface area contributed by atoms with Gasteiger partial charge in [-0.25, -0.2) is 4.79 Å². The number of rotatable bonds is 5. The van der Waals surface area contributed by atoms with Gasteiger partial charge in [0.05, 0.1) is 12.7 Å². The highest BCUT2D eigenvalue weighted by Crippen LogP contribution is 2.22. The molecule has 142 valence electrons. The van der Waals surface area contributed by atoms with Gasteiger partial charge in [0, 0.05) is 18.3 Å². The van der Waals surface area contributed by atoms with Crippen LogP contribution < -0.4 is 5.32 Å². The lowest BCUT2D eigenvalue weighted by Crippen LogP contribution is -2.43. The number of hydrogen-bond donors (Lipinski definition) is 1. The SMILES string of the molecule is CCC1CCCCN1C(=O)c1ccc(Nc2ccc(C(=O)OC)cc2)nn1. The molecule has 3 rings (SSSR count). The van der Waals surface area contributed by atoms with E-state index < -0.39 is 0 Å². The van der Waals surface area contributed by atoms with Crippen LogP contribution in [0.2, 0.25) is 0 Å². The number of ether oxygens (including phenoxy) is 1. The Labute approximate surface area is 158 Å². The third-order valence-electron chi connectivity index (χ3n) is 4.82. The van der Waals surface area contributed by atoms with Crippen molar-refractivity contribution < 1.29 is 14.3 Å². The Morgan fingerprint density at radius 2 is 1.93 bits per heavy atom.